The van der Waals surface area contributed by atoms with Gasteiger partial charge in [0.15, 0.2) is 5.82 Å². The van der Waals surface area contributed by atoms with Crippen LogP contribution in [0.5, 0.6) is 0 Å². The van der Waals surface area contributed by atoms with Crippen LogP contribution in [0, 0.1) is 5.82 Å². The minimum absolute atomic E-state index is 0.158. The van der Waals surface area contributed by atoms with E-state index < -0.39 is 17.5 Å². The molecule has 0 aliphatic carbocycles. The summed E-state index contributed by atoms with van der Waals surface area (Å²) in [6, 6.07) is 12.0. The number of nitrogens with zero attached hydrogens (tertiary/aromatic N) is 3. The molecule has 1 saturated heterocycles. The number of hydrogen-bond donors (Lipinski definition) is 3. The van der Waals surface area contributed by atoms with Crippen LogP contribution in [-0.2, 0) is 23.3 Å². The molecule has 168 valence electrons. The van der Waals surface area contributed by atoms with Gasteiger partial charge in [-0.05, 0) is 55.3 Å². The second kappa shape index (κ2) is 7.80. The number of amides is 4. The number of imide groups is 1. The minimum Gasteiger partial charge on any atom is -0.347 e. The summed E-state index contributed by atoms with van der Waals surface area (Å²) in [5.74, 6) is 0.369. The number of benzene rings is 2. The molecule has 4 amide bonds. The van der Waals surface area contributed by atoms with Crippen LogP contribution in [0.15, 0.2) is 48.5 Å². The highest BCUT2D eigenvalue weighted by Gasteiger charge is 2.43. The van der Waals surface area contributed by atoms with E-state index in [-0.39, 0.29) is 17.8 Å². The molecule has 2 aliphatic rings. The van der Waals surface area contributed by atoms with Gasteiger partial charge in [-0.3, -0.25) is 14.9 Å². The highest BCUT2D eigenvalue weighted by atomic mass is 19.1. The molecule has 0 saturated carbocycles. The van der Waals surface area contributed by atoms with E-state index in [1.807, 2.05) is 4.57 Å². The van der Waals surface area contributed by atoms with Crippen molar-refractivity contribution in [3.8, 4) is 11.4 Å². The molecule has 2 aromatic carbocycles. The molecule has 0 bridgehead atoms. The van der Waals surface area contributed by atoms with E-state index in [9.17, 15) is 18.8 Å². The first-order chi connectivity index (χ1) is 15.8. The van der Waals surface area contributed by atoms with E-state index in [4.69, 9.17) is 0 Å². The lowest BCUT2D eigenvalue weighted by Gasteiger charge is -2.26. The zero-order valence-electron chi connectivity index (χ0n) is 17.8. The molecular formula is C23H21FN6O3. The van der Waals surface area contributed by atoms with Crippen molar-refractivity contribution in [2.45, 2.75) is 37.9 Å². The lowest BCUT2D eigenvalue weighted by atomic mass is 9.91. The fourth-order valence-electron chi connectivity index (χ4n) is 4.24. The Labute approximate surface area is 188 Å². The van der Waals surface area contributed by atoms with Crippen LogP contribution in [0.2, 0.25) is 0 Å². The second-order valence-corrected chi connectivity index (χ2v) is 8.38. The summed E-state index contributed by atoms with van der Waals surface area (Å²) in [7, 11) is 0. The van der Waals surface area contributed by atoms with Crippen LogP contribution in [0.25, 0.3) is 11.4 Å². The molecule has 1 fully saturated rings. The quantitative estimate of drug-likeness (QED) is 0.527. The summed E-state index contributed by atoms with van der Waals surface area (Å²) in [6.45, 7) is 2.08. The Morgan fingerprint density at radius 2 is 1.97 bits per heavy atom. The third-order valence-corrected chi connectivity index (χ3v) is 6.13. The first-order valence-electron chi connectivity index (χ1n) is 10.6. The number of fused-ring (bicyclic) bond motifs is 1. The van der Waals surface area contributed by atoms with Gasteiger partial charge in [0.05, 0.1) is 0 Å². The van der Waals surface area contributed by atoms with Gasteiger partial charge in [-0.2, -0.15) is 0 Å². The smallest absolute Gasteiger partial charge is 0.322 e. The van der Waals surface area contributed by atoms with Crippen LogP contribution in [-0.4, -0.2) is 38.7 Å². The Hall–Kier alpha value is -4.08. The lowest BCUT2D eigenvalue weighted by Crippen LogP contribution is -2.42. The molecule has 9 nitrogen and oxygen atoms in total. The highest BCUT2D eigenvalue weighted by molar-refractivity contribution is 6.07. The maximum atomic E-state index is 13.3. The molecule has 2 atom stereocenters. The number of nitrogens with one attached hydrogen (secondary N) is 3. The summed E-state index contributed by atoms with van der Waals surface area (Å²) in [5, 5.41) is 16.4. The van der Waals surface area contributed by atoms with Crippen LogP contribution in [0.4, 0.5) is 9.18 Å². The SMILES string of the molecule is CC1(c2cccc(C(=O)NC3CCc4nnc(-c5ccc(F)cc5)n4C3)c2)NC(=O)NC1=O. The van der Waals surface area contributed by atoms with Crippen LogP contribution in [0.1, 0.15) is 35.1 Å². The monoisotopic (exact) mass is 448 g/mol. The molecular weight excluding hydrogens is 427 g/mol. The number of hydrogen-bond acceptors (Lipinski definition) is 5. The number of aromatic nitrogens is 3. The molecule has 0 spiro atoms. The first kappa shape index (κ1) is 20.8. The fraction of sp³-hybridized carbons (Fsp3) is 0.261. The molecule has 3 heterocycles. The van der Waals surface area contributed by atoms with Crippen LogP contribution < -0.4 is 16.0 Å². The predicted molar refractivity (Wildman–Crippen MR) is 115 cm³/mol. The topological polar surface area (TPSA) is 118 Å². The van der Waals surface area contributed by atoms with Crippen LogP contribution in [0.3, 0.4) is 0 Å². The van der Waals surface area contributed by atoms with E-state index in [2.05, 4.69) is 26.1 Å². The molecule has 1 aromatic heterocycles. The van der Waals surface area contributed by atoms with Gasteiger partial charge < -0.3 is 15.2 Å². The van der Waals surface area contributed by atoms with Gasteiger partial charge in [-0.25, -0.2) is 9.18 Å². The van der Waals surface area contributed by atoms with E-state index in [1.54, 1.807) is 43.3 Å². The summed E-state index contributed by atoms with van der Waals surface area (Å²) in [5.41, 5.74) is 0.414. The molecule has 5 rings (SSSR count). The zero-order valence-corrected chi connectivity index (χ0v) is 17.8. The number of halogens is 1. The molecule has 2 unspecified atom stereocenters. The maximum Gasteiger partial charge on any atom is 0.322 e. The average molecular weight is 448 g/mol. The Morgan fingerprint density at radius 1 is 1.18 bits per heavy atom. The van der Waals surface area contributed by atoms with Gasteiger partial charge in [-0.15, -0.1) is 10.2 Å². The van der Waals surface area contributed by atoms with Gasteiger partial charge in [0.1, 0.15) is 17.2 Å². The van der Waals surface area contributed by atoms with E-state index in [0.29, 0.717) is 36.3 Å². The van der Waals surface area contributed by atoms with Crippen molar-refractivity contribution in [1.29, 1.82) is 0 Å². The molecule has 3 N–H and O–H groups in total. The first-order valence-corrected chi connectivity index (χ1v) is 10.6. The molecule has 10 heteroatoms. The van der Waals surface area contributed by atoms with Gasteiger partial charge in [-0.1, -0.05) is 12.1 Å². The number of aryl methyl sites for hydroxylation is 1. The summed E-state index contributed by atoms with van der Waals surface area (Å²) >= 11 is 0. The molecule has 2 aliphatic heterocycles. The van der Waals surface area contributed by atoms with Gasteiger partial charge in [0, 0.05) is 30.1 Å². The third kappa shape index (κ3) is 3.73. The fourth-order valence-corrected chi connectivity index (χ4v) is 4.24. The predicted octanol–water partition coefficient (Wildman–Crippen LogP) is 1.88. The summed E-state index contributed by atoms with van der Waals surface area (Å²) in [4.78, 5) is 36.8. The van der Waals surface area contributed by atoms with Crippen molar-refractivity contribution in [3.63, 3.8) is 0 Å². The maximum absolute atomic E-state index is 13.3. The Kier molecular flexibility index (Phi) is 4.92. The van der Waals surface area contributed by atoms with Crippen LogP contribution >= 0.6 is 0 Å². The van der Waals surface area contributed by atoms with Crippen molar-refractivity contribution >= 4 is 17.8 Å². The molecule has 0 radical (unpaired) electrons. The van der Waals surface area contributed by atoms with Gasteiger partial charge >= 0.3 is 6.03 Å². The van der Waals surface area contributed by atoms with E-state index in [1.165, 1.54) is 12.1 Å². The van der Waals surface area contributed by atoms with Gasteiger partial charge in [0.25, 0.3) is 11.8 Å². The lowest BCUT2D eigenvalue weighted by molar-refractivity contribution is -0.123. The number of rotatable bonds is 4. The molecule has 33 heavy (non-hydrogen) atoms. The summed E-state index contributed by atoms with van der Waals surface area (Å²) < 4.78 is 15.2. The highest BCUT2D eigenvalue weighted by Crippen LogP contribution is 2.26. The Morgan fingerprint density at radius 3 is 2.70 bits per heavy atom. The van der Waals surface area contributed by atoms with Crippen molar-refractivity contribution in [1.82, 2.24) is 30.7 Å². The minimum atomic E-state index is -1.24. The van der Waals surface area contributed by atoms with Gasteiger partial charge in [0.2, 0.25) is 0 Å². The number of carbonyl (C=O) groups is 3. The Bertz CT molecular complexity index is 1270. The second-order valence-electron chi connectivity index (χ2n) is 8.38. The third-order valence-electron chi connectivity index (χ3n) is 6.13. The largest absolute Gasteiger partial charge is 0.347 e. The standard InChI is InChI=1S/C23H21FN6O3/c1-23(21(32)26-22(33)27-23)15-4-2-3-14(11-15)20(31)25-17-9-10-18-28-29-19(30(18)12-17)13-5-7-16(24)8-6-13/h2-8,11,17H,9-10,12H2,1H3,(H,25,31)(H2,26,27,32,33). The molecule has 3 aromatic rings. The summed E-state index contributed by atoms with van der Waals surface area (Å²) in [6.07, 6.45) is 1.34. The van der Waals surface area contributed by atoms with Crippen molar-refractivity contribution in [2.75, 3.05) is 0 Å². The zero-order chi connectivity index (χ0) is 23.2. The Balaban J connectivity index is 1.33. The normalized spacial score (nSPS) is 21.8. The van der Waals surface area contributed by atoms with Crippen molar-refractivity contribution < 1.29 is 18.8 Å². The average Bonchev–Trinajstić information content (AvgIpc) is 3.34. The number of urea groups is 1. The van der Waals surface area contributed by atoms with Crippen molar-refractivity contribution in [3.05, 3.63) is 71.3 Å². The van der Waals surface area contributed by atoms with E-state index in [0.717, 1.165) is 11.4 Å². The van der Waals surface area contributed by atoms with E-state index >= 15 is 0 Å². The number of carbonyl (C=O) groups excluding carboxylic acids is 3. The van der Waals surface area contributed by atoms with Crippen molar-refractivity contribution in [2.24, 2.45) is 0 Å².